The Kier molecular flexibility index (Phi) is 11.3. The van der Waals surface area contributed by atoms with E-state index in [1.54, 1.807) is 0 Å². The number of likely N-dealkylation sites (tertiary alicyclic amines) is 1. The monoisotopic (exact) mass is 380 g/mol. The fraction of sp³-hybridized carbons (Fsp3) is 0.786. The van der Waals surface area contributed by atoms with Gasteiger partial charge in [0.25, 0.3) is 0 Å². The van der Waals surface area contributed by atoms with E-state index in [2.05, 4.69) is 41.0 Å². The highest BCUT2D eigenvalue weighted by atomic mass is 127. The molecule has 0 aromatic rings. The molecule has 0 bridgehead atoms. The molecule has 1 heterocycles. The van der Waals surface area contributed by atoms with Crippen LogP contribution in [0.4, 0.5) is 0 Å². The van der Waals surface area contributed by atoms with Gasteiger partial charge in [0.15, 0.2) is 5.96 Å². The van der Waals surface area contributed by atoms with E-state index in [1.165, 1.54) is 32.4 Å². The third kappa shape index (κ3) is 7.15. The first-order valence-corrected chi connectivity index (χ1v) is 7.18. The van der Waals surface area contributed by atoms with Crippen molar-refractivity contribution in [3.63, 3.8) is 0 Å². The Bertz CT molecular complexity index is 262. The zero-order valence-corrected chi connectivity index (χ0v) is 14.7. The van der Waals surface area contributed by atoms with Gasteiger partial charge in [-0.1, -0.05) is 13.0 Å². The summed E-state index contributed by atoms with van der Waals surface area (Å²) in [7, 11) is 0. The molecule has 4 nitrogen and oxygen atoms in total. The molecule has 19 heavy (non-hydrogen) atoms. The maximum absolute atomic E-state index is 4.67. The Morgan fingerprint density at radius 1 is 1.32 bits per heavy atom. The SMILES string of the molecule is C=CCNC(=NCC(CC)N1CCCC1)NCC.I. The molecule has 1 aliphatic heterocycles. The van der Waals surface area contributed by atoms with Gasteiger partial charge in [0.2, 0.25) is 0 Å². The molecule has 1 rings (SSSR count). The van der Waals surface area contributed by atoms with Crippen molar-refractivity contribution >= 4 is 29.9 Å². The van der Waals surface area contributed by atoms with E-state index in [0.29, 0.717) is 6.04 Å². The zero-order chi connectivity index (χ0) is 13.2. The van der Waals surface area contributed by atoms with Crippen LogP contribution in [0.15, 0.2) is 17.6 Å². The van der Waals surface area contributed by atoms with Crippen molar-refractivity contribution in [2.75, 3.05) is 32.7 Å². The molecule has 0 aliphatic carbocycles. The fourth-order valence-corrected chi connectivity index (χ4v) is 2.32. The maximum Gasteiger partial charge on any atom is 0.191 e. The van der Waals surface area contributed by atoms with E-state index in [0.717, 1.165) is 25.6 Å². The molecule has 1 fully saturated rings. The molecule has 112 valence electrons. The lowest BCUT2D eigenvalue weighted by molar-refractivity contribution is 0.242. The highest BCUT2D eigenvalue weighted by Crippen LogP contribution is 2.14. The summed E-state index contributed by atoms with van der Waals surface area (Å²) in [6, 6.07) is 0.590. The first-order valence-electron chi connectivity index (χ1n) is 7.18. The lowest BCUT2D eigenvalue weighted by atomic mass is 10.2. The lowest BCUT2D eigenvalue weighted by Gasteiger charge is -2.25. The predicted octanol–water partition coefficient (Wildman–Crippen LogP) is 2.22. The number of aliphatic imine (C=N–C) groups is 1. The second-order valence-corrected chi connectivity index (χ2v) is 4.69. The summed E-state index contributed by atoms with van der Waals surface area (Å²) >= 11 is 0. The van der Waals surface area contributed by atoms with Crippen molar-refractivity contribution in [2.45, 2.75) is 39.2 Å². The zero-order valence-electron chi connectivity index (χ0n) is 12.3. The molecule has 0 aromatic carbocycles. The predicted molar refractivity (Wildman–Crippen MR) is 94.5 cm³/mol. The highest BCUT2D eigenvalue weighted by molar-refractivity contribution is 14.0. The Hall–Kier alpha value is -0.300. The highest BCUT2D eigenvalue weighted by Gasteiger charge is 2.19. The Morgan fingerprint density at radius 3 is 2.53 bits per heavy atom. The minimum absolute atomic E-state index is 0. The Balaban J connectivity index is 0.00000324. The van der Waals surface area contributed by atoms with E-state index in [9.17, 15) is 0 Å². The van der Waals surface area contributed by atoms with Gasteiger partial charge in [0, 0.05) is 19.1 Å². The molecule has 0 spiro atoms. The smallest absolute Gasteiger partial charge is 0.191 e. The van der Waals surface area contributed by atoms with Crippen molar-refractivity contribution in [3.8, 4) is 0 Å². The first-order chi connectivity index (χ1) is 8.81. The molecule has 0 aromatic heterocycles. The number of guanidine groups is 1. The van der Waals surface area contributed by atoms with Gasteiger partial charge in [-0.25, -0.2) is 0 Å². The molecular weight excluding hydrogens is 351 g/mol. The summed E-state index contributed by atoms with van der Waals surface area (Å²) in [4.78, 5) is 7.24. The van der Waals surface area contributed by atoms with Gasteiger partial charge in [0.05, 0.1) is 6.54 Å². The summed E-state index contributed by atoms with van der Waals surface area (Å²) in [5, 5.41) is 6.50. The standard InChI is InChI=1S/C14H28N4.HI/c1-4-9-16-14(15-6-3)17-12-13(5-2)18-10-7-8-11-18;/h4,13H,1,5-12H2,2-3H3,(H2,15,16,17);1H. The minimum atomic E-state index is 0. The van der Waals surface area contributed by atoms with Gasteiger partial charge >= 0.3 is 0 Å². The average Bonchev–Trinajstić information content (AvgIpc) is 2.90. The first kappa shape index (κ1) is 18.7. The van der Waals surface area contributed by atoms with E-state index in [-0.39, 0.29) is 24.0 Å². The maximum atomic E-state index is 4.67. The number of nitrogens with one attached hydrogen (secondary N) is 2. The van der Waals surface area contributed by atoms with Crippen molar-refractivity contribution in [1.82, 2.24) is 15.5 Å². The third-order valence-corrected chi connectivity index (χ3v) is 3.35. The van der Waals surface area contributed by atoms with Crippen molar-refractivity contribution in [3.05, 3.63) is 12.7 Å². The Morgan fingerprint density at radius 2 is 2.00 bits per heavy atom. The molecule has 0 amide bonds. The molecule has 2 N–H and O–H groups in total. The Labute approximate surface area is 135 Å². The molecular formula is C14H29IN4. The summed E-state index contributed by atoms with van der Waals surface area (Å²) in [5.74, 6) is 0.898. The van der Waals surface area contributed by atoms with Crippen LogP contribution < -0.4 is 10.6 Å². The van der Waals surface area contributed by atoms with Crippen LogP contribution >= 0.6 is 24.0 Å². The van der Waals surface area contributed by atoms with Gasteiger partial charge in [-0.05, 0) is 39.3 Å². The van der Waals surface area contributed by atoms with Crippen LogP contribution in [0.2, 0.25) is 0 Å². The molecule has 1 aliphatic rings. The summed E-state index contributed by atoms with van der Waals surface area (Å²) in [5.41, 5.74) is 0. The second kappa shape index (κ2) is 11.5. The van der Waals surface area contributed by atoms with Crippen LogP contribution in [0.5, 0.6) is 0 Å². The van der Waals surface area contributed by atoms with Crippen molar-refractivity contribution in [2.24, 2.45) is 4.99 Å². The molecule has 0 saturated carbocycles. The fourth-order valence-electron chi connectivity index (χ4n) is 2.32. The van der Waals surface area contributed by atoms with Gasteiger partial charge in [-0.15, -0.1) is 30.6 Å². The quantitative estimate of drug-likeness (QED) is 0.308. The van der Waals surface area contributed by atoms with E-state index in [1.807, 2.05) is 6.08 Å². The average molecular weight is 380 g/mol. The second-order valence-electron chi connectivity index (χ2n) is 4.69. The largest absolute Gasteiger partial charge is 0.357 e. The topological polar surface area (TPSA) is 39.7 Å². The van der Waals surface area contributed by atoms with Crippen LogP contribution in [0.3, 0.4) is 0 Å². The van der Waals surface area contributed by atoms with Gasteiger partial charge in [-0.2, -0.15) is 0 Å². The summed E-state index contributed by atoms with van der Waals surface area (Å²) in [6.07, 6.45) is 5.71. The number of nitrogens with zero attached hydrogens (tertiary/aromatic N) is 2. The van der Waals surface area contributed by atoms with Crippen LogP contribution in [-0.2, 0) is 0 Å². The van der Waals surface area contributed by atoms with Gasteiger partial charge in [-0.3, -0.25) is 9.89 Å². The van der Waals surface area contributed by atoms with E-state index in [4.69, 9.17) is 0 Å². The van der Waals surface area contributed by atoms with Gasteiger partial charge in [0.1, 0.15) is 0 Å². The normalized spacial score (nSPS) is 17.7. The van der Waals surface area contributed by atoms with Gasteiger partial charge < -0.3 is 10.6 Å². The summed E-state index contributed by atoms with van der Waals surface area (Å²) < 4.78 is 0. The van der Waals surface area contributed by atoms with E-state index < -0.39 is 0 Å². The van der Waals surface area contributed by atoms with E-state index >= 15 is 0 Å². The van der Waals surface area contributed by atoms with Crippen molar-refractivity contribution < 1.29 is 0 Å². The molecule has 1 unspecified atom stereocenters. The van der Waals surface area contributed by atoms with Crippen LogP contribution in [0.25, 0.3) is 0 Å². The summed E-state index contributed by atoms with van der Waals surface area (Å²) in [6.45, 7) is 13.1. The number of rotatable bonds is 7. The molecule has 1 atom stereocenters. The van der Waals surface area contributed by atoms with Crippen LogP contribution in [0.1, 0.15) is 33.1 Å². The number of hydrogen-bond acceptors (Lipinski definition) is 2. The number of hydrogen-bond donors (Lipinski definition) is 2. The third-order valence-electron chi connectivity index (χ3n) is 3.35. The molecule has 0 radical (unpaired) electrons. The van der Waals surface area contributed by atoms with Crippen LogP contribution in [0, 0.1) is 0 Å². The van der Waals surface area contributed by atoms with Crippen LogP contribution in [-0.4, -0.2) is 49.6 Å². The van der Waals surface area contributed by atoms with Crippen molar-refractivity contribution in [1.29, 1.82) is 0 Å². The minimum Gasteiger partial charge on any atom is -0.357 e. The molecule has 5 heteroatoms. The lowest BCUT2D eigenvalue weighted by Crippen LogP contribution is -2.40. The number of halogens is 1. The molecule has 1 saturated heterocycles.